The Hall–Kier alpha value is -1.69. The van der Waals surface area contributed by atoms with E-state index in [9.17, 15) is 17.6 Å². The average Bonchev–Trinajstić information content (AvgIpc) is 2.80. The number of sulfone groups is 1. The maximum absolute atomic E-state index is 13.1. The maximum Gasteiger partial charge on any atom is 0.183 e. The van der Waals surface area contributed by atoms with Crippen LogP contribution in [-0.2, 0) is 9.84 Å². The SMILES string of the molecule is O=C(c1c[nH]c2cc(F)ccc12)C1CCCCS1(=O)=O. The highest BCUT2D eigenvalue weighted by molar-refractivity contribution is 7.92. The lowest BCUT2D eigenvalue weighted by Crippen LogP contribution is -2.35. The normalized spacial score (nSPS) is 21.9. The Morgan fingerprint density at radius 3 is 2.85 bits per heavy atom. The molecule has 20 heavy (non-hydrogen) atoms. The lowest BCUT2D eigenvalue weighted by atomic mass is 10.0. The largest absolute Gasteiger partial charge is 0.360 e. The highest BCUT2D eigenvalue weighted by Crippen LogP contribution is 2.27. The number of carbonyl (C=O) groups is 1. The lowest BCUT2D eigenvalue weighted by Gasteiger charge is -2.20. The van der Waals surface area contributed by atoms with E-state index in [2.05, 4.69) is 4.98 Å². The fraction of sp³-hybridized carbons (Fsp3) is 0.357. The summed E-state index contributed by atoms with van der Waals surface area (Å²) in [7, 11) is -3.36. The van der Waals surface area contributed by atoms with E-state index in [4.69, 9.17) is 0 Å². The number of aromatic amines is 1. The number of Topliss-reactive ketones (excluding diaryl/α,β-unsaturated/α-hetero) is 1. The van der Waals surface area contributed by atoms with Gasteiger partial charge >= 0.3 is 0 Å². The van der Waals surface area contributed by atoms with Gasteiger partial charge in [-0.1, -0.05) is 6.42 Å². The molecule has 1 aromatic heterocycles. The number of nitrogens with one attached hydrogen (secondary N) is 1. The molecule has 106 valence electrons. The van der Waals surface area contributed by atoms with Gasteiger partial charge in [0.25, 0.3) is 0 Å². The molecule has 2 aromatic rings. The number of carbonyl (C=O) groups excluding carboxylic acids is 1. The number of ketones is 1. The van der Waals surface area contributed by atoms with Crippen molar-refractivity contribution < 1.29 is 17.6 Å². The van der Waals surface area contributed by atoms with Crippen molar-refractivity contribution in [2.24, 2.45) is 0 Å². The van der Waals surface area contributed by atoms with E-state index in [-0.39, 0.29) is 11.5 Å². The van der Waals surface area contributed by atoms with Crippen LogP contribution in [0, 0.1) is 5.82 Å². The van der Waals surface area contributed by atoms with Gasteiger partial charge in [0.05, 0.1) is 5.75 Å². The molecule has 4 nitrogen and oxygen atoms in total. The number of H-pyrrole nitrogens is 1. The first-order valence-corrected chi connectivity index (χ1v) is 8.23. The average molecular weight is 295 g/mol. The number of halogens is 1. The van der Waals surface area contributed by atoms with Crippen LogP contribution >= 0.6 is 0 Å². The topological polar surface area (TPSA) is 67.0 Å². The summed E-state index contributed by atoms with van der Waals surface area (Å²) in [6, 6.07) is 4.06. The van der Waals surface area contributed by atoms with Crippen molar-refractivity contribution in [3.8, 4) is 0 Å². The van der Waals surface area contributed by atoms with Gasteiger partial charge in [-0.2, -0.15) is 0 Å². The first-order chi connectivity index (χ1) is 9.49. The van der Waals surface area contributed by atoms with Crippen LogP contribution in [0.2, 0.25) is 0 Å². The summed E-state index contributed by atoms with van der Waals surface area (Å²) in [5, 5.41) is -0.391. The van der Waals surface area contributed by atoms with Crippen molar-refractivity contribution in [3.05, 3.63) is 35.8 Å². The van der Waals surface area contributed by atoms with Crippen LogP contribution in [-0.4, -0.2) is 30.2 Å². The summed E-state index contributed by atoms with van der Waals surface area (Å²) in [6.07, 6.45) is 3.20. The van der Waals surface area contributed by atoms with Crippen LogP contribution in [0.4, 0.5) is 4.39 Å². The Balaban J connectivity index is 2.04. The van der Waals surface area contributed by atoms with Crippen LogP contribution in [0.15, 0.2) is 24.4 Å². The van der Waals surface area contributed by atoms with E-state index in [0.717, 1.165) is 6.42 Å². The molecule has 1 atom stereocenters. The van der Waals surface area contributed by atoms with Gasteiger partial charge in [0, 0.05) is 22.7 Å². The molecule has 0 spiro atoms. The molecule has 0 amide bonds. The van der Waals surface area contributed by atoms with Gasteiger partial charge in [-0.05, 0) is 31.0 Å². The summed E-state index contributed by atoms with van der Waals surface area (Å²) in [6.45, 7) is 0. The van der Waals surface area contributed by atoms with Crippen molar-refractivity contribution in [1.29, 1.82) is 0 Å². The van der Waals surface area contributed by atoms with Crippen molar-refractivity contribution in [1.82, 2.24) is 4.98 Å². The molecule has 1 N–H and O–H groups in total. The minimum atomic E-state index is -3.36. The Bertz CT molecular complexity index is 779. The lowest BCUT2D eigenvalue weighted by molar-refractivity contribution is 0.0983. The minimum Gasteiger partial charge on any atom is -0.360 e. The number of benzene rings is 1. The first kappa shape index (κ1) is 13.3. The van der Waals surface area contributed by atoms with Gasteiger partial charge in [0.2, 0.25) is 0 Å². The summed E-state index contributed by atoms with van der Waals surface area (Å²) < 4.78 is 37.2. The zero-order valence-corrected chi connectivity index (χ0v) is 11.5. The monoisotopic (exact) mass is 295 g/mol. The molecular weight excluding hydrogens is 281 g/mol. The number of fused-ring (bicyclic) bond motifs is 1. The minimum absolute atomic E-state index is 0.0698. The van der Waals surface area contributed by atoms with Gasteiger partial charge < -0.3 is 4.98 Å². The van der Waals surface area contributed by atoms with Crippen molar-refractivity contribution in [2.45, 2.75) is 24.5 Å². The summed E-state index contributed by atoms with van der Waals surface area (Å²) >= 11 is 0. The van der Waals surface area contributed by atoms with E-state index in [0.29, 0.717) is 29.3 Å². The maximum atomic E-state index is 13.1. The third-order valence-electron chi connectivity index (χ3n) is 3.78. The van der Waals surface area contributed by atoms with Gasteiger partial charge in [-0.15, -0.1) is 0 Å². The number of hydrogen-bond acceptors (Lipinski definition) is 3. The quantitative estimate of drug-likeness (QED) is 0.865. The summed E-state index contributed by atoms with van der Waals surface area (Å²) in [4.78, 5) is 15.3. The first-order valence-electron chi connectivity index (χ1n) is 6.51. The second-order valence-electron chi connectivity index (χ2n) is 5.11. The van der Waals surface area contributed by atoms with Gasteiger partial charge in [-0.3, -0.25) is 4.79 Å². The van der Waals surface area contributed by atoms with E-state index < -0.39 is 20.9 Å². The van der Waals surface area contributed by atoms with Crippen LogP contribution in [0.3, 0.4) is 0 Å². The predicted molar refractivity (Wildman–Crippen MR) is 74.0 cm³/mol. The molecule has 0 radical (unpaired) electrons. The molecule has 0 bridgehead atoms. The van der Waals surface area contributed by atoms with E-state index in [1.807, 2.05) is 0 Å². The Morgan fingerprint density at radius 1 is 1.30 bits per heavy atom. The fourth-order valence-electron chi connectivity index (χ4n) is 2.72. The third kappa shape index (κ3) is 2.14. The Morgan fingerprint density at radius 2 is 2.10 bits per heavy atom. The smallest absolute Gasteiger partial charge is 0.183 e. The third-order valence-corrected chi connectivity index (χ3v) is 5.95. The summed E-state index contributed by atoms with van der Waals surface area (Å²) in [5.41, 5.74) is 0.831. The van der Waals surface area contributed by atoms with Crippen LogP contribution in [0.5, 0.6) is 0 Å². The molecule has 6 heteroatoms. The second kappa shape index (κ2) is 4.70. The fourth-order valence-corrected chi connectivity index (χ4v) is 4.59. The van der Waals surface area contributed by atoms with E-state index in [1.54, 1.807) is 0 Å². The van der Waals surface area contributed by atoms with Gasteiger partial charge in [-0.25, -0.2) is 12.8 Å². The molecule has 1 fully saturated rings. The molecule has 0 saturated carbocycles. The standard InChI is InChI=1S/C14H14FNO3S/c15-9-4-5-10-11(8-16-12(10)7-9)14(17)13-3-1-2-6-20(13,18)19/h4-5,7-8,13,16H,1-3,6H2. The Labute approximate surface area is 115 Å². The van der Waals surface area contributed by atoms with Crippen LogP contribution in [0.1, 0.15) is 29.6 Å². The molecular formula is C14H14FNO3S. The molecule has 2 heterocycles. The zero-order chi connectivity index (χ0) is 14.3. The van der Waals surface area contributed by atoms with Crippen molar-refractivity contribution in [2.75, 3.05) is 5.75 Å². The molecule has 1 aromatic carbocycles. The number of rotatable bonds is 2. The zero-order valence-electron chi connectivity index (χ0n) is 10.7. The van der Waals surface area contributed by atoms with Crippen molar-refractivity contribution >= 4 is 26.5 Å². The van der Waals surface area contributed by atoms with Crippen molar-refractivity contribution in [3.63, 3.8) is 0 Å². The van der Waals surface area contributed by atoms with Gasteiger partial charge in [0.15, 0.2) is 15.6 Å². The molecule has 1 unspecified atom stereocenters. The number of hydrogen-bond donors (Lipinski definition) is 1. The summed E-state index contributed by atoms with van der Waals surface area (Å²) in [5.74, 6) is -0.716. The van der Waals surface area contributed by atoms with Crippen LogP contribution in [0.25, 0.3) is 10.9 Å². The highest BCUT2D eigenvalue weighted by atomic mass is 32.2. The molecule has 0 aliphatic carbocycles. The molecule has 1 saturated heterocycles. The van der Waals surface area contributed by atoms with E-state index >= 15 is 0 Å². The van der Waals surface area contributed by atoms with Crippen LogP contribution < -0.4 is 0 Å². The molecule has 1 aliphatic rings. The molecule has 3 rings (SSSR count). The number of aromatic nitrogens is 1. The van der Waals surface area contributed by atoms with Gasteiger partial charge in [0.1, 0.15) is 11.1 Å². The highest BCUT2D eigenvalue weighted by Gasteiger charge is 2.36. The second-order valence-corrected chi connectivity index (χ2v) is 7.41. The van der Waals surface area contributed by atoms with E-state index in [1.165, 1.54) is 24.4 Å². The predicted octanol–water partition coefficient (Wildman–Crippen LogP) is 2.46. The Kier molecular flexibility index (Phi) is 3.12. The molecule has 1 aliphatic heterocycles.